The lowest BCUT2D eigenvalue weighted by atomic mass is 10.4. The molecular formula is C5H8O5. The van der Waals surface area contributed by atoms with Crippen LogP contribution in [0.3, 0.4) is 0 Å². The van der Waals surface area contributed by atoms with E-state index in [-0.39, 0.29) is 0 Å². The van der Waals surface area contributed by atoms with Crippen molar-refractivity contribution in [1.82, 2.24) is 0 Å². The Balaban J connectivity index is 3.54. The number of carboxylic acids is 1. The van der Waals surface area contributed by atoms with Gasteiger partial charge < -0.3 is 14.9 Å². The van der Waals surface area contributed by atoms with Crippen molar-refractivity contribution < 1.29 is 24.5 Å². The largest absolute Gasteiger partial charge is 0.481 e. The van der Waals surface area contributed by atoms with Gasteiger partial charge in [0, 0.05) is 0 Å². The van der Waals surface area contributed by atoms with Gasteiger partial charge in [-0.1, -0.05) is 0 Å². The molecule has 0 saturated heterocycles. The van der Waals surface area contributed by atoms with E-state index in [0.29, 0.717) is 0 Å². The molecule has 0 aliphatic carbocycles. The summed E-state index contributed by atoms with van der Waals surface area (Å²) >= 11 is 0. The third kappa shape index (κ3) is 5.04. The summed E-state index contributed by atoms with van der Waals surface area (Å²) < 4.78 is 4.10. The number of carboxylic acid groups (broad SMARTS) is 1. The SMILES string of the molecule is CC(O)OC(=O)CC(=O)O. The molecule has 0 aromatic heterocycles. The molecule has 0 aromatic carbocycles. The molecule has 5 heteroatoms. The minimum Gasteiger partial charge on any atom is -0.481 e. The van der Waals surface area contributed by atoms with Crippen molar-refractivity contribution in [2.75, 3.05) is 0 Å². The van der Waals surface area contributed by atoms with Crippen LogP contribution in [0.15, 0.2) is 0 Å². The lowest BCUT2D eigenvalue weighted by molar-refractivity contribution is -0.167. The number of esters is 1. The monoisotopic (exact) mass is 148 g/mol. The molecular weight excluding hydrogens is 140 g/mol. The molecule has 0 aliphatic rings. The van der Waals surface area contributed by atoms with Crippen molar-refractivity contribution >= 4 is 11.9 Å². The van der Waals surface area contributed by atoms with Crippen molar-refractivity contribution in [3.63, 3.8) is 0 Å². The topological polar surface area (TPSA) is 83.8 Å². The summed E-state index contributed by atoms with van der Waals surface area (Å²) in [6, 6.07) is 0. The minimum absolute atomic E-state index is 0.717. The van der Waals surface area contributed by atoms with Gasteiger partial charge in [-0.25, -0.2) is 0 Å². The average molecular weight is 148 g/mol. The first-order valence-corrected chi connectivity index (χ1v) is 2.61. The highest BCUT2D eigenvalue weighted by atomic mass is 16.6. The molecule has 1 unspecified atom stereocenters. The van der Waals surface area contributed by atoms with Crippen LogP contribution in [0.25, 0.3) is 0 Å². The second kappa shape index (κ2) is 3.84. The predicted molar refractivity (Wildman–Crippen MR) is 30.0 cm³/mol. The molecule has 10 heavy (non-hydrogen) atoms. The van der Waals surface area contributed by atoms with Gasteiger partial charge in [0.05, 0.1) is 0 Å². The molecule has 0 aromatic rings. The molecule has 0 saturated carbocycles. The first kappa shape index (κ1) is 8.90. The molecule has 0 spiro atoms. The highest BCUT2D eigenvalue weighted by Crippen LogP contribution is 1.90. The Kier molecular flexibility index (Phi) is 3.42. The fourth-order valence-corrected chi connectivity index (χ4v) is 0.355. The van der Waals surface area contributed by atoms with Crippen LogP contribution in [0.2, 0.25) is 0 Å². The van der Waals surface area contributed by atoms with E-state index in [1.807, 2.05) is 0 Å². The van der Waals surface area contributed by atoms with Crippen LogP contribution in [0, 0.1) is 0 Å². The minimum atomic E-state index is -1.27. The second-order valence-electron chi connectivity index (χ2n) is 1.66. The van der Waals surface area contributed by atoms with E-state index in [1.54, 1.807) is 0 Å². The fourth-order valence-electron chi connectivity index (χ4n) is 0.355. The summed E-state index contributed by atoms with van der Waals surface area (Å²) in [7, 11) is 0. The summed E-state index contributed by atoms with van der Waals surface area (Å²) in [6.45, 7) is 1.22. The van der Waals surface area contributed by atoms with Gasteiger partial charge in [-0.15, -0.1) is 0 Å². The molecule has 0 fully saturated rings. The van der Waals surface area contributed by atoms with Gasteiger partial charge in [-0.2, -0.15) is 0 Å². The molecule has 2 N–H and O–H groups in total. The van der Waals surface area contributed by atoms with E-state index in [1.165, 1.54) is 6.92 Å². The average Bonchev–Trinajstić information content (AvgIpc) is 1.58. The summed E-state index contributed by atoms with van der Waals surface area (Å²) in [5.74, 6) is -2.21. The molecule has 0 aliphatic heterocycles. The van der Waals surface area contributed by atoms with Crippen LogP contribution in [-0.4, -0.2) is 28.4 Å². The highest BCUT2D eigenvalue weighted by molar-refractivity contribution is 5.90. The van der Waals surface area contributed by atoms with Crippen LogP contribution in [-0.2, 0) is 14.3 Å². The van der Waals surface area contributed by atoms with Crippen molar-refractivity contribution in [2.45, 2.75) is 19.6 Å². The summed E-state index contributed by atoms with van der Waals surface area (Å²) in [6.07, 6.45) is -1.96. The van der Waals surface area contributed by atoms with E-state index < -0.39 is 24.6 Å². The smallest absolute Gasteiger partial charge is 0.319 e. The van der Waals surface area contributed by atoms with E-state index in [4.69, 9.17) is 10.2 Å². The maximum absolute atomic E-state index is 10.3. The Morgan fingerprint density at radius 1 is 1.60 bits per heavy atom. The van der Waals surface area contributed by atoms with E-state index in [0.717, 1.165) is 0 Å². The van der Waals surface area contributed by atoms with Gasteiger partial charge in [0.15, 0.2) is 6.29 Å². The molecule has 58 valence electrons. The van der Waals surface area contributed by atoms with Gasteiger partial charge in [0.25, 0.3) is 0 Å². The number of aliphatic carboxylic acids is 1. The van der Waals surface area contributed by atoms with Crippen LogP contribution in [0.1, 0.15) is 13.3 Å². The number of carbonyl (C=O) groups excluding carboxylic acids is 1. The van der Waals surface area contributed by atoms with Crippen molar-refractivity contribution in [1.29, 1.82) is 0 Å². The van der Waals surface area contributed by atoms with E-state index in [2.05, 4.69) is 4.74 Å². The fraction of sp³-hybridized carbons (Fsp3) is 0.600. The first-order chi connectivity index (χ1) is 4.52. The maximum Gasteiger partial charge on any atom is 0.319 e. The maximum atomic E-state index is 10.3. The Bertz CT molecular complexity index is 139. The predicted octanol–water partition coefficient (Wildman–Crippen LogP) is -0.657. The molecule has 0 radical (unpaired) electrons. The van der Waals surface area contributed by atoms with Crippen molar-refractivity contribution in [2.24, 2.45) is 0 Å². The number of ether oxygens (including phenoxy) is 1. The number of carbonyl (C=O) groups is 2. The number of rotatable bonds is 3. The second-order valence-corrected chi connectivity index (χ2v) is 1.66. The highest BCUT2D eigenvalue weighted by Gasteiger charge is 2.10. The van der Waals surface area contributed by atoms with Crippen LogP contribution < -0.4 is 0 Å². The van der Waals surface area contributed by atoms with Gasteiger partial charge in [-0.05, 0) is 6.92 Å². The van der Waals surface area contributed by atoms with Crippen LogP contribution in [0.4, 0.5) is 0 Å². The number of aliphatic hydroxyl groups is 1. The molecule has 0 rings (SSSR count). The summed E-state index contributed by atoms with van der Waals surface area (Å²) in [5, 5.41) is 16.4. The van der Waals surface area contributed by atoms with Gasteiger partial charge in [-0.3, -0.25) is 9.59 Å². The zero-order chi connectivity index (χ0) is 8.15. The Labute approximate surface area is 57.2 Å². The van der Waals surface area contributed by atoms with E-state index in [9.17, 15) is 9.59 Å². The standard InChI is InChI=1S/C5H8O5/c1-3(6)10-5(9)2-4(7)8/h3,6H,2H2,1H3,(H,7,8). The molecule has 0 amide bonds. The normalized spacial score (nSPS) is 12.2. The number of hydrogen-bond donors (Lipinski definition) is 2. The lowest BCUT2D eigenvalue weighted by Crippen LogP contribution is -2.16. The van der Waals surface area contributed by atoms with Gasteiger partial charge in [0.1, 0.15) is 6.42 Å². The Morgan fingerprint density at radius 3 is 2.40 bits per heavy atom. The zero-order valence-electron chi connectivity index (χ0n) is 5.40. The first-order valence-electron chi connectivity index (χ1n) is 2.61. The number of aliphatic hydroxyl groups excluding tert-OH is 1. The lowest BCUT2D eigenvalue weighted by Gasteiger charge is -2.03. The van der Waals surface area contributed by atoms with Crippen LogP contribution in [0.5, 0.6) is 0 Å². The van der Waals surface area contributed by atoms with Crippen molar-refractivity contribution in [3.05, 3.63) is 0 Å². The molecule has 0 bridgehead atoms. The summed E-state index contributed by atoms with van der Waals surface area (Å²) in [5.41, 5.74) is 0. The third-order valence-corrected chi connectivity index (χ3v) is 0.598. The number of hydrogen-bond acceptors (Lipinski definition) is 4. The van der Waals surface area contributed by atoms with Gasteiger partial charge in [0.2, 0.25) is 0 Å². The quantitative estimate of drug-likeness (QED) is 0.315. The molecule has 1 atom stereocenters. The van der Waals surface area contributed by atoms with Crippen LogP contribution >= 0.6 is 0 Å². The molecule has 5 nitrogen and oxygen atoms in total. The van der Waals surface area contributed by atoms with E-state index >= 15 is 0 Å². The van der Waals surface area contributed by atoms with Crippen molar-refractivity contribution in [3.8, 4) is 0 Å². The zero-order valence-corrected chi connectivity index (χ0v) is 5.40. The van der Waals surface area contributed by atoms with Gasteiger partial charge >= 0.3 is 11.9 Å². The Hall–Kier alpha value is -1.10. The Morgan fingerprint density at radius 2 is 2.10 bits per heavy atom. The third-order valence-electron chi connectivity index (χ3n) is 0.598. The molecule has 0 heterocycles. The summed E-state index contributed by atoms with van der Waals surface area (Å²) in [4.78, 5) is 20.1.